The number of hydrogen-bond acceptors (Lipinski definition) is 3. The van der Waals surface area contributed by atoms with Gasteiger partial charge in [-0.05, 0) is 56.5 Å². The second-order valence-corrected chi connectivity index (χ2v) is 6.21. The number of hydrazine groups is 1. The molecule has 0 amide bonds. The Labute approximate surface area is 133 Å². The van der Waals surface area contributed by atoms with Gasteiger partial charge < -0.3 is 0 Å². The molecule has 0 aliphatic heterocycles. The van der Waals surface area contributed by atoms with E-state index >= 15 is 0 Å². The van der Waals surface area contributed by atoms with Crippen molar-refractivity contribution < 1.29 is 4.39 Å². The third-order valence-electron chi connectivity index (χ3n) is 3.21. The van der Waals surface area contributed by atoms with Gasteiger partial charge in [0.05, 0.1) is 26.4 Å². The molecule has 0 saturated carbocycles. The Morgan fingerprint density at radius 3 is 2.65 bits per heavy atom. The minimum absolute atomic E-state index is 0.191. The fraction of sp³-hybridized carbons (Fsp3) is 0.308. The van der Waals surface area contributed by atoms with Crippen molar-refractivity contribution in [2.24, 2.45) is 12.9 Å². The van der Waals surface area contributed by atoms with Gasteiger partial charge >= 0.3 is 0 Å². The quantitative estimate of drug-likeness (QED) is 0.606. The topological polar surface area (TPSA) is 55.9 Å². The molecular formula is C13H15Br2FN4. The Morgan fingerprint density at radius 2 is 2.15 bits per heavy atom. The van der Waals surface area contributed by atoms with E-state index in [0.29, 0.717) is 10.9 Å². The van der Waals surface area contributed by atoms with Gasteiger partial charge in [0.25, 0.3) is 0 Å². The molecule has 2 rings (SSSR count). The highest BCUT2D eigenvalue weighted by atomic mass is 79.9. The molecule has 1 unspecified atom stereocenters. The van der Waals surface area contributed by atoms with E-state index in [2.05, 4.69) is 42.4 Å². The normalized spacial score (nSPS) is 12.7. The van der Waals surface area contributed by atoms with E-state index in [9.17, 15) is 4.39 Å². The Morgan fingerprint density at radius 1 is 1.45 bits per heavy atom. The number of nitrogens with two attached hydrogens (primary N) is 1. The van der Waals surface area contributed by atoms with E-state index in [4.69, 9.17) is 5.84 Å². The Hall–Kier alpha value is -0.760. The van der Waals surface area contributed by atoms with Crippen LogP contribution in [-0.2, 0) is 13.5 Å². The summed E-state index contributed by atoms with van der Waals surface area (Å²) >= 11 is 6.67. The minimum atomic E-state index is -0.303. The van der Waals surface area contributed by atoms with Crippen LogP contribution < -0.4 is 11.3 Å². The Balaban J connectivity index is 2.31. The number of aromatic nitrogens is 2. The van der Waals surface area contributed by atoms with Gasteiger partial charge in [-0.1, -0.05) is 6.07 Å². The SMILES string of the molecule is Cc1nn(C)c(CC(NN)c2ccc(Br)c(F)c2)c1Br. The zero-order valence-electron chi connectivity index (χ0n) is 11.1. The van der Waals surface area contributed by atoms with Crippen molar-refractivity contribution in [2.45, 2.75) is 19.4 Å². The number of hydrogen-bond donors (Lipinski definition) is 2. The number of nitrogens with zero attached hydrogens (tertiary/aromatic N) is 2. The lowest BCUT2D eigenvalue weighted by atomic mass is 10.0. The van der Waals surface area contributed by atoms with Crippen molar-refractivity contribution >= 4 is 31.9 Å². The molecule has 1 aromatic carbocycles. The lowest BCUT2D eigenvalue weighted by Crippen LogP contribution is -2.30. The van der Waals surface area contributed by atoms with Crippen molar-refractivity contribution in [3.05, 3.63) is 49.9 Å². The maximum Gasteiger partial charge on any atom is 0.137 e. The molecule has 108 valence electrons. The predicted molar refractivity (Wildman–Crippen MR) is 83.5 cm³/mol. The standard InChI is InChI=1S/C13H15Br2FN4/c1-7-13(15)12(20(2)19-7)6-11(18-17)8-3-4-9(14)10(16)5-8/h3-5,11,18H,6,17H2,1-2H3. The molecule has 1 heterocycles. The van der Waals surface area contributed by atoms with Crippen LogP contribution in [0.15, 0.2) is 27.1 Å². The van der Waals surface area contributed by atoms with Crippen LogP contribution in [0.1, 0.15) is 23.0 Å². The summed E-state index contributed by atoms with van der Waals surface area (Å²) in [7, 11) is 1.88. The lowest BCUT2D eigenvalue weighted by molar-refractivity contribution is 0.523. The lowest BCUT2D eigenvalue weighted by Gasteiger charge is -2.17. The second kappa shape index (κ2) is 6.34. The molecule has 4 nitrogen and oxygen atoms in total. The molecule has 7 heteroatoms. The molecule has 20 heavy (non-hydrogen) atoms. The van der Waals surface area contributed by atoms with E-state index in [1.54, 1.807) is 10.7 Å². The minimum Gasteiger partial charge on any atom is -0.271 e. The van der Waals surface area contributed by atoms with Gasteiger partial charge in [-0.2, -0.15) is 5.10 Å². The highest BCUT2D eigenvalue weighted by Gasteiger charge is 2.18. The molecular weight excluding hydrogens is 391 g/mol. The van der Waals surface area contributed by atoms with Crippen LogP contribution in [0.2, 0.25) is 0 Å². The predicted octanol–water partition coefficient (Wildman–Crippen LogP) is 3.14. The van der Waals surface area contributed by atoms with Gasteiger partial charge in [-0.25, -0.2) is 4.39 Å². The number of halogens is 3. The summed E-state index contributed by atoms with van der Waals surface area (Å²) in [6, 6.07) is 4.81. The summed E-state index contributed by atoms with van der Waals surface area (Å²) in [4.78, 5) is 0. The molecule has 1 atom stereocenters. The summed E-state index contributed by atoms with van der Waals surface area (Å²) < 4.78 is 16.8. The fourth-order valence-corrected chi connectivity index (χ4v) is 2.84. The Bertz CT molecular complexity index is 627. The number of rotatable bonds is 4. The van der Waals surface area contributed by atoms with Crippen LogP contribution in [-0.4, -0.2) is 9.78 Å². The van der Waals surface area contributed by atoms with Gasteiger partial charge in [-0.15, -0.1) is 0 Å². The van der Waals surface area contributed by atoms with Crippen LogP contribution in [0.5, 0.6) is 0 Å². The van der Waals surface area contributed by atoms with Gasteiger partial charge in [0.2, 0.25) is 0 Å². The molecule has 3 N–H and O–H groups in total. The average Bonchev–Trinajstić information content (AvgIpc) is 2.65. The molecule has 2 aromatic rings. The van der Waals surface area contributed by atoms with Crippen LogP contribution in [0, 0.1) is 12.7 Å². The fourth-order valence-electron chi connectivity index (χ4n) is 2.10. The van der Waals surface area contributed by atoms with Crippen LogP contribution in [0.4, 0.5) is 4.39 Å². The molecule has 0 aliphatic rings. The first-order valence-electron chi connectivity index (χ1n) is 6.03. The summed E-state index contributed by atoms with van der Waals surface area (Å²) in [5, 5.41) is 4.34. The van der Waals surface area contributed by atoms with Crippen molar-refractivity contribution in [3.8, 4) is 0 Å². The monoisotopic (exact) mass is 404 g/mol. The van der Waals surface area contributed by atoms with Crippen LogP contribution in [0.3, 0.4) is 0 Å². The second-order valence-electron chi connectivity index (χ2n) is 4.57. The van der Waals surface area contributed by atoms with E-state index in [-0.39, 0.29) is 11.9 Å². The average molecular weight is 406 g/mol. The van der Waals surface area contributed by atoms with Crippen molar-refractivity contribution in [1.82, 2.24) is 15.2 Å². The van der Waals surface area contributed by atoms with Gasteiger partial charge in [0.15, 0.2) is 0 Å². The molecule has 1 aromatic heterocycles. The van der Waals surface area contributed by atoms with Crippen molar-refractivity contribution in [2.75, 3.05) is 0 Å². The van der Waals surface area contributed by atoms with Gasteiger partial charge in [0, 0.05) is 13.5 Å². The number of benzene rings is 1. The molecule has 0 aliphatic carbocycles. The molecule has 0 radical (unpaired) electrons. The first-order chi connectivity index (χ1) is 9.43. The molecule has 0 fully saturated rings. The third-order valence-corrected chi connectivity index (χ3v) is 4.88. The van der Waals surface area contributed by atoms with Gasteiger partial charge in [0.1, 0.15) is 5.82 Å². The summed E-state index contributed by atoms with van der Waals surface area (Å²) in [6.45, 7) is 1.93. The Kier molecular flexibility index (Phi) is 4.95. The maximum atomic E-state index is 13.6. The largest absolute Gasteiger partial charge is 0.271 e. The van der Waals surface area contributed by atoms with Gasteiger partial charge in [-0.3, -0.25) is 16.0 Å². The summed E-state index contributed by atoms with van der Waals surface area (Å²) in [6.07, 6.45) is 0.607. The van der Waals surface area contributed by atoms with E-state index in [0.717, 1.165) is 21.4 Å². The summed E-state index contributed by atoms with van der Waals surface area (Å²) in [5.41, 5.74) is 5.45. The molecule has 0 bridgehead atoms. The van der Waals surface area contributed by atoms with E-state index in [1.807, 2.05) is 20.0 Å². The van der Waals surface area contributed by atoms with E-state index in [1.165, 1.54) is 6.07 Å². The highest BCUT2D eigenvalue weighted by Crippen LogP contribution is 2.27. The van der Waals surface area contributed by atoms with Crippen molar-refractivity contribution in [3.63, 3.8) is 0 Å². The van der Waals surface area contributed by atoms with Crippen molar-refractivity contribution in [1.29, 1.82) is 0 Å². The highest BCUT2D eigenvalue weighted by molar-refractivity contribution is 9.10. The zero-order valence-corrected chi connectivity index (χ0v) is 14.3. The maximum absolute atomic E-state index is 13.6. The molecule has 0 saturated heterocycles. The smallest absolute Gasteiger partial charge is 0.137 e. The van der Waals surface area contributed by atoms with Crippen LogP contribution in [0.25, 0.3) is 0 Å². The third kappa shape index (κ3) is 3.11. The first kappa shape index (κ1) is 15.6. The van der Waals surface area contributed by atoms with Crippen LogP contribution >= 0.6 is 31.9 Å². The van der Waals surface area contributed by atoms with E-state index < -0.39 is 0 Å². The molecule has 0 spiro atoms. The number of nitrogens with one attached hydrogen (secondary N) is 1. The summed E-state index contributed by atoms with van der Waals surface area (Å²) in [5.74, 6) is 5.32. The first-order valence-corrected chi connectivity index (χ1v) is 7.61. The number of aryl methyl sites for hydroxylation is 2. The zero-order chi connectivity index (χ0) is 14.9.